The molecular formula is C13H16INO4. The molecule has 5 nitrogen and oxygen atoms in total. The molecule has 0 radical (unpaired) electrons. The van der Waals surface area contributed by atoms with Crippen LogP contribution in [0, 0.1) is 3.57 Å². The number of benzene rings is 1. The largest absolute Gasteiger partial charge is 0.479 e. The number of carboxylic acid groups (broad SMARTS) is 1. The van der Waals surface area contributed by atoms with E-state index in [0.29, 0.717) is 5.56 Å². The molecule has 0 fully saturated rings. The Kier molecular flexibility index (Phi) is 5.16. The number of halogens is 1. The van der Waals surface area contributed by atoms with Crippen LogP contribution in [0.15, 0.2) is 24.3 Å². The van der Waals surface area contributed by atoms with E-state index in [-0.39, 0.29) is 0 Å². The van der Waals surface area contributed by atoms with Gasteiger partial charge in [-0.2, -0.15) is 0 Å². The van der Waals surface area contributed by atoms with Crippen LogP contribution < -0.4 is 5.32 Å². The van der Waals surface area contributed by atoms with Gasteiger partial charge in [0.25, 0.3) is 0 Å². The van der Waals surface area contributed by atoms with E-state index in [9.17, 15) is 14.7 Å². The number of aliphatic carboxylic acids is 1. The number of rotatable bonds is 3. The molecule has 2 N–H and O–H groups in total. The van der Waals surface area contributed by atoms with Crippen molar-refractivity contribution in [3.05, 3.63) is 33.4 Å². The molecule has 0 unspecified atom stereocenters. The maximum absolute atomic E-state index is 11.6. The maximum Gasteiger partial charge on any atom is 0.408 e. The zero-order valence-electron chi connectivity index (χ0n) is 10.9. The molecule has 1 aromatic rings. The maximum atomic E-state index is 11.6. The first-order valence-corrected chi connectivity index (χ1v) is 6.75. The Hall–Kier alpha value is -1.31. The second kappa shape index (κ2) is 6.23. The number of nitrogens with one attached hydrogen (secondary N) is 1. The summed E-state index contributed by atoms with van der Waals surface area (Å²) in [6.45, 7) is 5.15. The summed E-state index contributed by atoms with van der Waals surface area (Å²) in [5.41, 5.74) is -0.169. The van der Waals surface area contributed by atoms with Gasteiger partial charge in [-0.3, -0.25) is 0 Å². The molecule has 0 saturated heterocycles. The predicted molar refractivity (Wildman–Crippen MR) is 78.9 cm³/mol. The molecule has 19 heavy (non-hydrogen) atoms. The van der Waals surface area contributed by atoms with Gasteiger partial charge in [0, 0.05) is 3.57 Å². The van der Waals surface area contributed by atoms with E-state index in [1.165, 1.54) is 0 Å². The van der Waals surface area contributed by atoms with Crippen LogP contribution in [0.2, 0.25) is 0 Å². The quantitative estimate of drug-likeness (QED) is 0.795. The highest BCUT2D eigenvalue weighted by atomic mass is 127. The van der Waals surface area contributed by atoms with E-state index in [0.717, 1.165) is 3.57 Å². The first-order valence-electron chi connectivity index (χ1n) is 5.67. The van der Waals surface area contributed by atoms with E-state index in [4.69, 9.17) is 4.74 Å². The van der Waals surface area contributed by atoms with Crippen molar-refractivity contribution in [1.29, 1.82) is 0 Å². The summed E-state index contributed by atoms with van der Waals surface area (Å²) in [5, 5.41) is 11.5. The van der Waals surface area contributed by atoms with Crippen molar-refractivity contribution in [3.63, 3.8) is 0 Å². The third-order valence-corrected chi connectivity index (χ3v) is 2.83. The fraction of sp³-hybridized carbons (Fsp3) is 0.385. The minimum Gasteiger partial charge on any atom is -0.479 e. The molecular weight excluding hydrogens is 361 g/mol. The molecule has 104 valence electrons. The summed E-state index contributed by atoms with van der Waals surface area (Å²) in [6.07, 6.45) is -0.751. The minimum atomic E-state index is -1.13. The SMILES string of the molecule is CC(C)(C)OC(=O)N[C@H](C(=O)O)c1ccc(I)cc1. The predicted octanol–water partition coefficient (Wildman–Crippen LogP) is 2.94. The standard InChI is InChI=1S/C13H16INO4/c1-13(2,3)19-12(18)15-10(11(16)17)8-4-6-9(14)7-5-8/h4-7,10H,1-3H3,(H,15,18)(H,16,17)/t10-/m0/s1. The lowest BCUT2D eigenvalue weighted by molar-refractivity contribution is -0.139. The lowest BCUT2D eigenvalue weighted by Gasteiger charge is -2.22. The van der Waals surface area contributed by atoms with Crippen molar-refractivity contribution in [1.82, 2.24) is 5.32 Å². The van der Waals surface area contributed by atoms with Gasteiger partial charge in [-0.1, -0.05) is 12.1 Å². The van der Waals surface area contributed by atoms with Gasteiger partial charge >= 0.3 is 12.1 Å². The van der Waals surface area contributed by atoms with E-state index < -0.39 is 23.7 Å². The summed E-state index contributed by atoms with van der Waals surface area (Å²) in [6, 6.07) is 5.77. The topological polar surface area (TPSA) is 75.6 Å². The van der Waals surface area contributed by atoms with Crippen LogP contribution >= 0.6 is 22.6 Å². The first-order chi connectivity index (χ1) is 8.69. The minimum absolute atomic E-state index is 0.499. The van der Waals surface area contributed by atoms with Crippen LogP contribution in [0.25, 0.3) is 0 Å². The first kappa shape index (κ1) is 15.7. The third kappa shape index (κ3) is 5.46. The normalized spacial score (nSPS) is 12.6. The Morgan fingerprint density at radius 3 is 2.21 bits per heavy atom. The molecule has 0 aliphatic carbocycles. The van der Waals surface area contributed by atoms with Gasteiger partial charge in [0.15, 0.2) is 6.04 Å². The molecule has 0 aromatic heterocycles. The Bertz CT molecular complexity index is 465. The van der Waals surface area contributed by atoms with Gasteiger partial charge in [-0.15, -0.1) is 0 Å². The number of carboxylic acids is 1. The molecule has 6 heteroatoms. The molecule has 0 spiro atoms. The van der Waals surface area contributed by atoms with Crippen molar-refractivity contribution in [3.8, 4) is 0 Å². The van der Waals surface area contributed by atoms with Crippen molar-refractivity contribution < 1.29 is 19.4 Å². The highest BCUT2D eigenvalue weighted by Gasteiger charge is 2.25. The van der Waals surface area contributed by atoms with Crippen LogP contribution in [0.4, 0.5) is 4.79 Å². The average molecular weight is 377 g/mol. The monoisotopic (exact) mass is 377 g/mol. The van der Waals surface area contributed by atoms with Gasteiger partial charge in [0.05, 0.1) is 0 Å². The second-order valence-electron chi connectivity index (χ2n) is 4.97. The van der Waals surface area contributed by atoms with Crippen LogP contribution in [-0.4, -0.2) is 22.8 Å². The Balaban J connectivity index is 2.82. The molecule has 0 aliphatic heterocycles. The Morgan fingerprint density at radius 2 is 1.79 bits per heavy atom. The van der Waals surface area contributed by atoms with E-state index in [1.54, 1.807) is 45.0 Å². The van der Waals surface area contributed by atoms with Gasteiger partial charge in [0.2, 0.25) is 0 Å². The number of carbonyl (C=O) groups is 2. The number of ether oxygens (including phenoxy) is 1. The van der Waals surface area contributed by atoms with Crippen molar-refractivity contribution >= 4 is 34.7 Å². The number of hydrogen-bond donors (Lipinski definition) is 2. The van der Waals surface area contributed by atoms with Crippen molar-refractivity contribution in [2.24, 2.45) is 0 Å². The summed E-state index contributed by atoms with van der Waals surface area (Å²) in [7, 11) is 0. The number of amides is 1. The second-order valence-corrected chi connectivity index (χ2v) is 6.21. The number of alkyl carbamates (subject to hydrolysis) is 1. The molecule has 0 saturated carbocycles. The molecule has 0 bridgehead atoms. The van der Waals surface area contributed by atoms with Crippen LogP contribution in [-0.2, 0) is 9.53 Å². The van der Waals surface area contributed by atoms with Gasteiger partial charge in [-0.05, 0) is 61.1 Å². The fourth-order valence-electron chi connectivity index (χ4n) is 1.37. The highest BCUT2D eigenvalue weighted by Crippen LogP contribution is 2.16. The van der Waals surface area contributed by atoms with E-state index in [2.05, 4.69) is 27.9 Å². The molecule has 0 heterocycles. The average Bonchev–Trinajstić information content (AvgIpc) is 2.24. The summed E-state index contributed by atoms with van der Waals surface area (Å²) in [5.74, 6) is -1.13. The molecule has 1 aromatic carbocycles. The lowest BCUT2D eigenvalue weighted by Crippen LogP contribution is -2.38. The van der Waals surface area contributed by atoms with Gasteiger partial charge in [0.1, 0.15) is 5.60 Å². The molecule has 0 aliphatic rings. The van der Waals surface area contributed by atoms with Crippen molar-refractivity contribution in [2.45, 2.75) is 32.4 Å². The summed E-state index contributed by atoms with van der Waals surface area (Å²) >= 11 is 2.12. The zero-order chi connectivity index (χ0) is 14.6. The van der Waals surface area contributed by atoms with Crippen LogP contribution in [0.3, 0.4) is 0 Å². The van der Waals surface area contributed by atoms with Crippen LogP contribution in [0.5, 0.6) is 0 Å². The van der Waals surface area contributed by atoms with E-state index >= 15 is 0 Å². The molecule has 1 amide bonds. The van der Waals surface area contributed by atoms with Gasteiger partial charge in [-0.25, -0.2) is 9.59 Å². The zero-order valence-corrected chi connectivity index (χ0v) is 13.1. The fourth-order valence-corrected chi connectivity index (χ4v) is 1.73. The lowest BCUT2D eigenvalue weighted by atomic mass is 10.1. The smallest absolute Gasteiger partial charge is 0.408 e. The Labute approximate surface area is 125 Å². The summed E-state index contributed by atoms with van der Waals surface area (Å²) < 4.78 is 6.04. The molecule has 1 atom stereocenters. The summed E-state index contributed by atoms with van der Waals surface area (Å²) in [4.78, 5) is 22.8. The van der Waals surface area contributed by atoms with Crippen LogP contribution in [0.1, 0.15) is 32.4 Å². The van der Waals surface area contributed by atoms with Crippen molar-refractivity contribution in [2.75, 3.05) is 0 Å². The van der Waals surface area contributed by atoms with Gasteiger partial charge < -0.3 is 15.2 Å². The number of carbonyl (C=O) groups excluding carboxylic acids is 1. The number of hydrogen-bond acceptors (Lipinski definition) is 3. The Morgan fingerprint density at radius 1 is 1.26 bits per heavy atom. The third-order valence-electron chi connectivity index (χ3n) is 2.11. The van der Waals surface area contributed by atoms with E-state index in [1.807, 2.05) is 0 Å². The highest BCUT2D eigenvalue weighted by molar-refractivity contribution is 14.1. The molecule has 1 rings (SSSR count).